The van der Waals surface area contributed by atoms with E-state index in [-0.39, 0.29) is 17.0 Å². The van der Waals surface area contributed by atoms with Crippen LogP contribution in [0.15, 0.2) is 29.8 Å². The predicted octanol–water partition coefficient (Wildman–Crippen LogP) is 3.30. The highest BCUT2D eigenvalue weighted by atomic mass is 16.5. The molecule has 0 radical (unpaired) electrons. The van der Waals surface area contributed by atoms with Crippen LogP contribution >= 0.6 is 0 Å². The van der Waals surface area contributed by atoms with Crippen LogP contribution in [0.1, 0.15) is 64.2 Å². The number of rotatable bonds is 7. The number of methoxy groups -OCH3 is 1. The third-order valence-electron chi connectivity index (χ3n) is 7.28. The number of aromatic nitrogens is 1. The number of nitrogens with one attached hydrogen (secondary N) is 1. The van der Waals surface area contributed by atoms with Crippen molar-refractivity contribution in [3.8, 4) is 0 Å². The Labute approximate surface area is 217 Å². The molecule has 0 aliphatic carbocycles. The topological polar surface area (TPSA) is 112 Å². The zero-order valence-electron chi connectivity index (χ0n) is 22.1. The standard InChI is InChI=1S/C28H35N3O6/c1-16(2)19-6-8-20(9-7-19)24-22(25(32)21-17(3)23(28(35)36-5)29-18(21)4)26(33)27(34)31(24)11-10-30-12-14-37-15-13-30/h6-9,16,24,29,32H,10-15H2,1-5H3/b25-22+/t24-/m0/s1. The van der Waals surface area contributed by atoms with Crippen molar-refractivity contribution < 1.29 is 29.0 Å². The molecule has 2 aromatic rings. The van der Waals surface area contributed by atoms with Gasteiger partial charge in [-0.2, -0.15) is 0 Å². The van der Waals surface area contributed by atoms with E-state index < -0.39 is 23.7 Å². The van der Waals surface area contributed by atoms with Gasteiger partial charge < -0.3 is 24.5 Å². The highest BCUT2D eigenvalue weighted by Gasteiger charge is 2.46. The zero-order chi connectivity index (χ0) is 26.9. The molecular formula is C28H35N3O6. The van der Waals surface area contributed by atoms with Gasteiger partial charge in [0.2, 0.25) is 0 Å². The highest BCUT2D eigenvalue weighted by molar-refractivity contribution is 6.46. The first kappa shape index (κ1) is 26.6. The van der Waals surface area contributed by atoms with Crippen molar-refractivity contribution in [3.63, 3.8) is 0 Å². The zero-order valence-corrected chi connectivity index (χ0v) is 22.1. The number of esters is 1. The van der Waals surface area contributed by atoms with E-state index in [0.29, 0.717) is 49.0 Å². The molecule has 3 heterocycles. The Morgan fingerprint density at radius 3 is 2.38 bits per heavy atom. The van der Waals surface area contributed by atoms with Crippen molar-refractivity contribution in [1.82, 2.24) is 14.8 Å². The molecule has 9 heteroatoms. The van der Waals surface area contributed by atoms with Gasteiger partial charge in [-0.25, -0.2) is 4.79 Å². The fourth-order valence-electron chi connectivity index (χ4n) is 5.14. The van der Waals surface area contributed by atoms with Gasteiger partial charge >= 0.3 is 5.97 Å². The summed E-state index contributed by atoms with van der Waals surface area (Å²) in [4.78, 5) is 45.7. The summed E-state index contributed by atoms with van der Waals surface area (Å²) >= 11 is 0. The number of carbonyl (C=O) groups is 3. The van der Waals surface area contributed by atoms with Crippen LogP contribution in [0.25, 0.3) is 5.76 Å². The van der Waals surface area contributed by atoms with Crippen LogP contribution in [0.5, 0.6) is 0 Å². The fourth-order valence-corrected chi connectivity index (χ4v) is 5.14. The Balaban J connectivity index is 1.80. The minimum Gasteiger partial charge on any atom is -0.507 e. The molecule has 2 aliphatic heterocycles. The summed E-state index contributed by atoms with van der Waals surface area (Å²) < 4.78 is 10.3. The molecule has 0 unspecified atom stereocenters. The summed E-state index contributed by atoms with van der Waals surface area (Å²) in [5.41, 5.74) is 3.38. The molecule has 1 amide bonds. The van der Waals surface area contributed by atoms with Crippen molar-refractivity contribution in [3.05, 3.63) is 63.5 Å². The average Bonchev–Trinajstić information content (AvgIpc) is 3.34. The van der Waals surface area contributed by atoms with Gasteiger partial charge in [0.05, 0.1) is 31.9 Å². The molecule has 2 N–H and O–H groups in total. The van der Waals surface area contributed by atoms with E-state index in [9.17, 15) is 19.5 Å². The summed E-state index contributed by atoms with van der Waals surface area (Å²) in [6.07, 6.45) is 0. The second kappa shape index (κ2) is 10.9. The first-order valence-corrected chi connectivity index (χ1v) is 12.6. The van der Waals surface area contributed by atoms with E-state index in [1.807, 2.05) is 24.3 Å². The number of aliphatic hydroxyl groups excluding tert-OH is 1. The lowest BCUT2D eigenvalue weighted by Gasteiger charge is -2.31. The van der Waals surface area contributed by atoms with Gasteiger partial charge in [-0.1, -0.05) is 38.1 Å². The van der Waals surface area contributed by atoms with E-state index in [1.165, 1.54) is 7.11 Å². The summed E-state index contributed by atoms with van der Waals surface area (Å²) in [7, 11) is 1.28. The number of aliphatic hydroxyl groups is 1. The van der Waals surface area contributed by atoms with Crippen molar-refractivity contribution in [1.29, 1.82) is 0 Å². The Hall–Kier alpha value is -3.43. The van der Waals surface area contributed by atoms with E-state index >= 15 is 0 Å². The van der Waals surface area contributed by atoms with Crippen LogP contribution in [-0.4, -0.2) is 84.1 Å². The minimum absolute atomic E-state index is 0.0193. The average molecular weight is 510 g/mol. The fraction of sp³-hybridized carbons (Fsp3) is 0.464. The Morgan fingerprint density at radius 2 is 1.78 bits per heavy atom. The van der Waals surface area contributed by atoms with Gasteiger partial charge in [-0.3, -0.25) is 14.5 Å². The molecule has 0 saturated carbocycles. The molecule has 1 atom stereocenters. The maximum atomic E-state index is 13.4. The number of nitrogens with zero attached hydrogens (tertiary/aromatic N) is 2. The number of amides is 1. The van der Waals surface area contributed by atoms with Crippen molar-refractivity contribution in [2.75, 3.05) is 46.5 Å². The van der Waals surface area contributed by atoms with Gasteiger partial charge in [0.25, 0.3) is 11.7 Å². The van der Waals surface area contributed by atoms with E-state index in [1.54, 1.807) is 18.7 Å². The van der Waals surface area contributed by atoms with Crippen LogP contribution in [0.3, 0.4) is 0 Å². The van der Waals surface area contributed by atoms with Crippen LogP contribution in [0, 0.1) is 13.8 Å². The van der Waals surface area contributed by atoms with Crippen molar-refractivity contribution in [2.24, 2.45) is 0 Å². The highest BCUT2D eigenvalue weighted by Crippen LogP contribution is 2.41. The second-order valence-corrected chi connectivity index (χ2v) is 9.88. The van der Waals surface area contributed by atoms with Gasteiger partial charge in [0.1, 0.15) is 11.5 Å². The number of hydrogen-bond donors (Lipinski definition) is 2. The number of ether oxygens (including phenoxy) is 2. The van der Waals surface area contributed by atoms with Gasteiger partial charge in [-0.15, -0.1) is 0 Å². The molecule has 4 rings (SSSR count). The number of H-pyrrole nitrogens is 1. The largest absolute Gasteiger partial charge is 0.507 e. The third-order valence-corrected chi connectivity index (χ3v) is 7.28. The molecule has 1 aromatic heterocycles. The first-order chi connectivity index (χ1) is 17.6. The van der Waals surface area contributed by atoms with E-state index in [4.69, 9.17) is 9.47 Å². The number of aryl methyl sites for hydroxylation is 1. The summed E-state index contributed by atoms with van der Waals surface area (Å²) in [6, 6.07) is 7.06. The molecule has 2 aliphatic rings. The summed E-state index contributed by atoms with van der Waals surface area (Å²) in [5.74, 6) is -1.94. The van der Waals surface area contributed by atoms with Gasteiger partial charge in [-0.05, 0) is 36.5 Å². The Kier molecular flexibility index (Phi) is 7.85. The predicted molar refractivity (Wildman–Crippen MR) is 138 cm³/mol. The number of Topliss-reactive ketones (excluding diaryl/α,β-unsaturated/α-hetero) is 1. The number of ketones is 1. The molecule has 0 spiro atoms. The first-order valence-electron chi connectivity index (χ1n) is 12.6. The Morgan fingerprint density at radius 1 is 1.14 bits per heavy atom. The minimum atomic E-state index is -0.752. The maximum absolute atomic E-state index is 13.4. The van der Waals surface area contributed by atoms with Crippen LogP contribution < -0.4 is 0 Å². The normalized spacial score (nSPS) is 20.2. The number of likely N-dealkylation sites (tertiary alicyclic amines) is 1. The monoisotopic (exact) mass is 509 g/mol. The van der Waals surface area contributed by atoms with Crippen LogP contribution in [0.4, 0.5) is 0 Å². The SMILES string of the molecule is COC(=O)c1[nH]c(C)c(/C(O)=C2\C(=O)C(=O)N(CCN3CCOCC3)[C@H]2c2ccc(C(C)C)cc2)c1C. The molecule has 9 nitrogen and oxygen atoms in total. The second-order valence-electron chi connectivity index (χ2n) is 9.88. The molecule has 37 heavy (non-hydrogen) atoms. The van der Waals surface area contributed by atoms with Crippen LogP contribution in [-0.2, 0) is 19.1 Å². The molecule has 1 aromatic carbocycles. The lowest BCUT2D eigenvalue weighted by Crippen LogP contribution is -2.42. The lowest BCUT2D eigenvalue weighted by atomic mass is 9.92. The maximum Gasteiger partial charge on any atom is 0.354 e. The molecule has 2 fully saturated rings. The molecular weight excluding hydrogens is 474 g/mol. The van der Waals surface area contributed by atoms with Gasteiger partial charge in [0, 0.05) is 37.4 Å². The van der Waals surface area contributed by atoms with Gasteiger partial charge in [0.15, 0.2) is 0 Å². The summed E-state index contributed by atoms with van der Waals surface area (Å²) in [5, 5.41) is 11.5. The Bertz CT molecular complexity index is 1220. The summed E-state index contributed by atoms with van der Waals surface area (Å²) in [6.45, 7) is 11.3. The number of hydrogen-bond acceptors (Lipinski definition) is 7. The van der Waals surface area contributed by atoms with Crippen LogP contribution in [0.2, 0.25) is 0 Å². The van der Waals surface area contributed by atoms with E-state index in [0.717, 1.165) is 24.2 Å². The third kappa shape index (κ3) is 5.06. The lowest BCUT2D eigenvalue weighted by molar-refractivity contribution is -0.140. The quantitative estimate of drug-likeness (QED) is 0.255. The molecule has 0 bridgehead atoms. The smallest absolute Gasteiger partial charge is 0.354 e. The number of morpholine rings is 1. The number of carbonyl (C=O) groups excluding carboxylic acids is 3. The number of benzene rings is 1. The molecule has 2 saturated heterocycles. The number of aromatic amines is 1. The van der Waals surface area contributed by atoms with Crippen molar-refractivity contribution >= 4 is 23.4 Å². The molecule has 198 valence electrons. The van der Waals surface area contributed by atoms with E-state index in [2.05, 4.69) is 23.7 Å². The van der Waals surface area contributed by atoms with Crippen molar-refractivity contribution in [2.45, 2.75) is 39.7 Å².